The Hall–Kier alpha value is -1.89. The lowest BCUT2D eigenvalue weighted by Gasteiger charge is -2.36. The Labute approximate surface area is 166 Å². The van der Waals surface area contributed by atoms with E-state index in [0.29, 0.717) is 31.5 Å². The number of ketones is 1. The maximum atomic E-state index is 12.9. The van der Waals surface area contributed by atoms with Gasteiger partial charge in [-0.1, -0.05) is 13.8 Å². The number of nitrogens with zero attached hydrogens (tertiary/aromatic N) is 1. The highest BCUT2D eigenvalue weighted by Gasteiger charge is 2.65. The molecule has 0 unspecified atom stereocenters. The first-order valence-corrected chi connectivity index (χ1v) is 11.7. The van der Waals surface area contributed by atoms with Crippen LogP contribution in [0.4, 0.5) is 11.4 Å². The Morgan fingerprint density at radius 3 is 2.54 bits per heavy atom. The Morgan fingerprint density at radius 1 is 1.25 bits per heavy atom. The van der Waals surface area contributed by atoms with Crippen molar-refractivity contribution in [3.8, 4) is 0 Å². The molecule has 0 aromatic heterocycles. The van der Waals surface area contributed by atoms with E-state index in [4.69, 9.17) is 0 Å². The van der Waals surface area contributed by atoms with E-state index in [-0.39, 0.29) is 28.8 Å². The van der Waals surface area contributed by atoms with E-state index in [2.05, 4.69) is 4.72 Å². The molecule has 1 aromatic rings. The van der Waals surface area contributed by atoms with Crippen LogP contribution in [0, 0.1) is 23.7 Å². The summed E-state index contributed by atoms with van der Waals surface area (Å²) in [5.41, 5.74) is 1.10. The molecule has 2 aliphatic carbocycles. The fourth-order valence-electron chi connectivity index (χ4n) is 5.57. The van der Waals surface area contributed by atoms with Gasteiger partial charge in [0.05, 0.1) is 11.2 Å². The van der Waals surface area contributed by atoms with E-state index in [0.717, 1.165) is 24.1 Å². The molecule has 2 saturated carbocycles. The predicted molar refractivity (Wildman–Crippen MR) is 109 cm³/mol. The number of amides is 1. The second-order valence-electron chi connectivity index (χ2n) is 9.18. The van der Waals surface area contributed by atoms with Gasteiger partial charge in [-0.2, -0.15) is 0 Å². The lowest BCUT2D eigenvalue weighted by Crippen LogP contribution is -2.43. The van der Waals surface area contributed by atoms with Crippen LogP contribution in [-0.2, 0) is 19.6 Å². The van der Waals surface area contributed by atoms with E-state index in [1.165, 1.54) is 0 Å². The maximum absolute atomic E-state index is 12.9. The summed E-state index contributed by atoms with van der Waals surface area (Å²) in [5.74, 6) is 0.328. The first kappa shape index (κ1) is 19.4. The summed E-state index contributed by atoms with van der Waals surface area (Å²) >= 11 is 0. The predicted octanol–water partition coefficient (Wildman–Crippen LogP) is 3.26. The van der Waals surface area contributed by atoms with Gasteiger partial charge in [0.1, 0.15) is 5.78 Å². The second-order valence-corrected chi connectivity index (χ2v) is 10.9. The van der Waals surface area contributed by atoms with Gasteiger partial charge in [-0.05, 0) is 61.3 Å². The lowest BCUT2D eigenvalue weighted by molar-refractivity contribution is -0.128. The summed E-state index contributed by atoms with van der Waals surface area (Å²) in [7, 11) is -3.68. The fourth-order valence-corrected chi connectivity index (χ4v) is 7.46. The third kappa shape index (κ3) is 2.86. The zero-order valence-electron chi connectivity index (χ0n) is 16.7. The van der Waals surface area contributed by atoms with Crippen LogP contribution in [-0.4, -0.2) is 32.4 Å². The molecular formula is C21H28N2O4S. The Kier molecular flexibility index (Phi) is 4.38. The van der Waals surface area contributed by atoms with Crippen LogP contribution >= 0.6 is 0 Å². The molecule has 1 N–H and O–H groups in total. The van der Waals surface area contributed by atoms with Crippen molar-refractivity contribution in [1.82, 2.24) is 0 Å². The van der Waals surface area contributed by atoms with Crippen molar-refractivity contribution in [3.05, 3.63) is 23.8 Å². The molecule has 152 valence electrons. The molecule has 1 heterocycles. The van der Waals surface area contributed by atoms with Crippen molar-refractivity contribution in [2.75, 3.05) is 21.9 Å². The summed E-state index contributed by atoms with van der Waals surface area (Å²) in [6.45, 7) is 6.66. The van der Waals surface area contributed by atoms with Gasteiger partial charge in [0.25, 0.3) is 0 Å². The summed E-state index contributed by atoms with van der Waals surface area (Å²) in [5, 5.41) is 0. The standard InChI is InChI=1S/C21H28N2O4S/c1-14-11-16(6-7-17(14)23-10-4-5-19(23)25)22-28(26,27)13-21-9-8-15(12-18(21)24)20(21,2)3/h6-7,11,15,22H,4-5,8-10,12-13H2,1-3H3/t15-,21+/m1/s1. The van der Waals surface area contributed by atoms with Gasteiger partial charge < -0.3 is 4.90 Å². The Balaban J connectivity index is 1.55. The normalized spacial score (nSPS) is 29.0. The number of benzene rings is 1. The number of fused-ring (bicyclic) bond motifs is 2. The van der Waals surface area contributed by atoms with Crippen LogP contribution in [0.5, 0.6) is 0 Å². The van der Waals surface area contributed by atoms with E-state index in [9.17, 15) is 18.0 Å². The van der Waals surface area contributed by atoms with Gasteiger partial charge in [0, 0.05) is 30.8 Å². The topological polar surface area (TPSA) is 83.6 Å². The molecule has 1 amide bonds. The summed E-state index contributed by atoms with van der Waals surface area (Å²) in [4.78, 5) is 26.4. The highest BCUT2D eigenvalue weighted by atomic mass is 32.2. The van der Waals surface area contributed by atoms with E-state index in [1.807, 2.05) is 20.8 Å². The van der Waals surface area contributed by atoms with Crippen molar-refractivity contribution in [2.45, 2.75) is 52.9 Å². The van der Waals surface area contributed by atoms with Crippen molar-refractivity contribution in [3.63, 3.8) is 0 Å². The quantitative estimate of drug-likeness (QED) is 0.816. The van der Waals surface area contributed by atoms with Crippen LogP contribution in [0.25, 0.3) is 0 Å². The average Bonchev–Trinajstić information content (AvgIpc) is 3.16. The molecule has 28 heavy (non-hydrogen) atoms. The van der Waals surface area contributed by atoms with Gasteiger partial charge in [0.15, 0.2) is 0 Å². The van der Waals surface area contributed by atoms with Crippen molar-refractivity contribution < 1.29 is 18.0 Å². The molecule has 3 fully saturated rings. The largest absolute Gasteiger partial charge is 0.312 e. The van der Waals surface area contributed by atoms with Gasteiger partial charge in [-0.25, -0.2) is 8.42 Å². The molecule has 1 aliphatic heterocycles. The van der Waals surface area contributed by atoms with Gasteiger partial charge >= 0.3 is 0 Å². The molecule has 2 atom stereocenters. The smallest absolute Gasteiger partial charge is 0.233 e. The molecule has 1 aromatic carbocycles. The monoisotopic (exact) mass is 404 g/mol. The second kappa shape index (κ2) is 6.31. The SMILES string of the molecule is Cc1cc(NS(=O)(=O)C[C@@]23CC[C@H](CC2=O)C3(C)C)ccc1N1CCCC1=O. The number of Topliss-reactive ketones (excluding diaryl/α,β-unsaturated/α-hetero) is 1. The van der Waals surface area contributed by atoms with Crippen LogP contribution in [0.1, 0.15) is 51.5 Å². The number of hydrogen-bond acceptors (Lipinski definition) is 4. The molecule has 2 bridgehead atoms. The summed E-state index contributed by atoms with van der Waals surface area (Å²) < 4.78 is 28.6. The van der Waals surface area contributed by atoms with Gasteiger partial charge in [-0.15, -0.1) is 0 Å². The number of carbonyl (C=O) groups excluding carboxylic acids is 2. The van der Waals surface area contributed by atoms with Crippen LogP contribution in [0.2, 0.25) is 0 Å². The Bertz CT molecular complexity index is 953. The maximum Gasteiger partial charge on any atom is 0.233 e. The van der Waals surface area contributed by atoms with E-state index >= 15 is 0 Å². The molecule has 6 nitrogen and oxygen atoms in total. The fraction of sp³-hybridized carbons (Fsp3) is 0.619. The van der Waals surface area contributed by atoms with Gasteiger partial charge in [0.2, 0.25) is 15.9 Å². The lowest BCUT2D eigenvalue weighted by atomic mass is 9.70. The summed E-state index contributed by atoms with van der Waals surface area (Å²) in [6.07, 6.45) is 3.48. The number of carbonyl (C=O) groups is 2. The van der Waals surface area contributed by atoms with Crippen molar-refractivity contribution >= 4 is 33.1 Å². The minimum absolute atomic E-state index is 0.0956. The average molecular weight is 405 g/mol. The zero-order valence-corrected chi connectivity index (χ0v) is 17.6. The third-order valence-corrected chi connectivity index (χ3v) is 8.83. The molecule has 0 spiro atoms. The third-order valence-electron chi connectivity index (χ3n) is 7.41. The first-order chi connectivity index (χ1) is 13.1. The molecular weight excluding hydrogens is 376 g/mol. The van der Waals surface area contributed by atoms with Crippen LogP contribution < -0.4 is 9.62 Å². The molecule has 7 heteroatoms. The van der Waals surface area contributed by atoms with Crippen molar-refractivity contribution in [2.24, 2.45) is 16.7 Å². The van der Waals surface area contributed by atoms with Crippen molar-refractivity contribution in [1.29, 1.82) is 0 Å². The van der Waals surface area contributed by atoms with E-state index in [1.54, 1.807) is 23.1 Å². The van der Waals surface area contributed by atoms with Gasteiger partial charge in [-0.3, -0.25) is 14.3 Å². The Morgan fingerprint density at radius 2 is 2.00 bits per heavy atom. The zero-order chi connectivity index (χ0) is 20.3. The first-order valence-electron chi connectivity index (χ1n) is 10.0. The highest BCUT2D eigenvalue weighted by Crippen LogP contribution is 2.64. The number of nitrogens with one attached hydrogen (secondary N) is 1. The molecule has 3 aliphatic rings. The summed E-state index contributed by atoms with van der Waals surface area (Å²) in [6, 6.07) is 5.25. The molecule has 4 rings (SSSR count). The number of anilines is 2. The minimum atomic E-state index is -3.68. The number of hydrogen-bond donors (Lipinski definition) is 1. The molecule has 1 saturated heterocycles. The van der Waals surface area contributed by atoms with Crippen LogP contribution in [0.3, 0.4) is 0 Å². The highest BCUT2D eigenvalue weighted by molar-refractivity contribution is 7.92. The number of sulfonamides is 1. The molecule has 0 radical (unpaired) electrons. The number of aryl methyl sites for hydroxylation is 1. The van der Waals surface area contributed by atoms with E-state index < -0.39 is 15.4 Å². The van der Waals surface area contributed by atoms with Crippen LogP contribution in [0.15, 0.2) is 18.2 Å². The minimum Gasteiger partial charge on any atom is -0.312 e. The number of rotatable bonds is 5.